The fourth-order valence-electron chi connectivity index (χ4n) is 1.43. The fraction of sp³-hybridized carbons (Fsp3) is 0.250. The van der Waals surface area contributed by atoms with Crippen LogP contribution in [0.5, 0.6) is 5.75 Å². The minimum absolute atomic E-state index is 0.516. The summed E-state index contributed by atoms with van der Waals surface area (Å²) in [4.78, 5) is 4.17. The largest absolute Gasteiger partial charge is 0.486 e. The van der Waals surface area contributed by atoms with Crippen molar-refractivity contribution >= 4 is 17.0 Å². The summed E-state index contributed by atoms with van der Waals surface area (Å²) in [6.45, 7) is 4.49. The lowest BCUT2D eigenvalue weighted by molar-refractivity contribution is 0.303. The van der Waals surface area contributed by atoms with Crippen molar-refractivity contribution in [2.75, 3.05) is 5.73 Å². The van der Waals surface area contributed by atoms with Crippen LogP contribution in [0, 0.1) is 13.8 Å². The fourth-order valence-corrected chi connectivity index (χ4v) is 1.96. The monoisotopic (exact) mass is 234 g/mol. The zero-order valence-corrected chi connectivity index (χ0v) is 10.2. The Morgan fingerprint density at radius 1 is 1.31 bits per heavy atom. The number of nitrogens with two attached hydrogens (primary N) is 1. The number of ether oxygens (including phenoxy) is 1. The maximum Gasteiger partial charge on any atom is 0.140 e. The van der Waals surface area contributed by atoms with Gasteiger partial charge in [-0.2, -0.15) is 0 Å². The topological polar surface area (TPSA) is 48.1 Å². The van der Waals surface area contributed by atoms with Crippen molar-refractivity contribution in [2.24, 2.45) is 0 Å². The number of hydrogen-bond acceptors (Lipinski definition) is 4. The summed E-state index contributed by atoms with van der Waals surface area (Å²) in [6, 6.07) is 3.91. The van der Waals surface area contributed by atoms with Crippen LogP contribution in [-0.4, -0.2) is 4.98 Å². The molecule has 0 saturated heterocycles. The van der Waals surface area contributed by atoms with Crippen LogP contribution in [0.3, 0.4) is 0 Å². The van der Waals surface area contributed by atoms with Crippen molar-refractivity contribution in [3.8, 4) is 5.75 Å². The van der Waals surface area contributed by atoms with Gasteiger partial charge < -0.3 is 10.5 Å². The van der Waals surface area contributed by atoms with Gasteiger partial charge in [0.2, 0.25) is 0 Å². The van der Waals surface area contributed by atoms with Crippen LogP contribution in [0.15, 0.2) is 23.7 Å². The Morgan fingerprint density at radius 3 is 2.81 bits per heavy atom. The number of aryl methyl sites for hydroxylation is 2. The Labute approximate surface area is 98.9 Å². The minimum Gasteiger partial charge on any atom is -0.486 e. The minimum atomic E-state index is 0.516. The number of benzene rings is 1. The van der Waals surface area contributed by atoms with Crippen molar-refractivity contribution in [1.29, 1.82) is 0 Å². The van der Waals surface area contributed by atoms with Crippen molar-refractivity contribution in [2.45, 2.75) is 20.5 Å². The van der Waals surface area contributed by atoms with E-state index >= 15 is 0 Å². The average molecular weight is 234 g/mol. The SMILES string of the molecule is Cc1cc(OCc2nccs2)c(C)cc1N. The van der Waals surface area contributed by atoms with Crippen LogP contribution >= 0.6 is 11.3 Å². The molecule has 0 unspecified atom stereocenters. The van der Waals surface area contributed by atoms with E-state index in [1.807, 2.05) is 31.4 Å². The van der Waals surface area contributed by atoms with E-state index in [0.717, 1.165) is 27.6 Å². The summed E-state index contributed by atoms with van der Waals surface area (Å²) in [6.07, 6.45) is 1.78. The Kier molecular flexibility index (Phi) is 3.10. The highest BCUT2D eigenvalue weighted by molar-refractivity contribution is 7.09. The van der Waals surface area contributed by atoms with Gasteiger partial charge in [-0.05, 0) is 37.1 Å². The summed E-state index contributed by atoms with van der Waals surface area (Å²) < 4.78 is 5.71. The third-order valence-electron chi connectivity index (χ3n) is 2.40. The lowest BCUT2D eigenvalue weighted by atomic mass is 10.1. The van der Waals surface area contributed by atoms with E-state index in [1.165, 1.54) is 0 Å². The van der Waals surface area contributed by atoms with Crippen LogP contribution in [0.25, 0.3) is 0 Å². The Hall–Kier alpha value is -1.55. The summed E-state index contributed by atoms with van der Waals surface area (Å²) in [5, 5.41) is 2.92. The van der Waals surface area contributed by atoms with E-state index < -0.39 is 0 Å². The highest BCUT2D eigenvalue weighted by atomic mass is 32.1. The van der Waals surface area contributed by atoms with E-state index in [-0.39, 0.29) is 0 Å². The number of hydrogen-bond donors (Lipinski definition) is 1. The molecule has 0 aliphatic rings. The second kappa shape index (κ2) is 4.53. The van der Waals surface area contributed by atoms with Crippen LogP contribution in [0.2, 0.25) is 0 Å². The van der Waals surface area contributed by atoms with Crippen LogP contribution in [0.4, 0.5) is 5.69 Å². The molecule has 2 N–H and O–H groups in total. The molecule has 0 saturated carbocycles. The first kappa shape index (κ1) is 11.0. The molecular weight excluding hydrogens is 220 g/mol. The van der Waals surface area contributed by atoms with Crippen LogP contribution < -0.4 is 10.5 Å². The molecular formula is C12H14N2OS. The lowest BCUT2D eigenvalue weighted by Gasteiger charge is -2.10. The highest BCUT2D eigenvalue weighted by Crippen LogP contribution is 2.25. The first-order valence-electron chi connectivity index (χ1n) is 5.04. The number of nitrogen functional groups attached to an aromatic ring is 1. The third kappa shape index (κ3) is 2.33. The summed E-state index contributed by atoms with van der Waals surface area (Å²) in [5.74, 6) is 0.877. The van der Waals surface area contributed by atoms with Gasteiger partial charge in [0.1, 0.15) is 17.4 Å². The Balaban J connectivity index is 2.12. The van der Waals surface area contributed by atoms with Gasteiger partial charge in [-0.25, -0.2) is 4.98 Å². The molecule has 0 atom stereocenters. The quantitative estimate of drug-likeness (QED) is 0.831. The van der Waals surface area contributed by atoms with Gasteiger partial charge in [0.25, 0.3) is 0 Å². The zero-order chi connectivity index (χ0) is 11.5. The predicted octanol–water partition coefficient (Wildman–Crippen LogP) is 2.92. The number of aromatic nitrogens is 1. The standard InChI is InChI=1S/C12H14N2OS/c1-8-6-11(9(2)5-10(8)13)15-7-12-14-3-4-16-12/h3-6H,7,13H2,1-2H3. The van der Waals surface area contributed by atoms with Gasteiger partial charge in [0.05, 0.1) is 0 Å². The Morgan fingerprint density at radius 2 is 2.12 bits per heavy atom. The molecule has 0 aliphatic carbocycles. The molecule has 0 fully saturated rings. The molecule has 3 nitrogen and oxygen atoms in total. The Bertz CT molecular complexity index is 480. The van der Waals surface area contributed by atoms with Crippen molar-refractivity contribution < 1.29 is 4.74 Å². The van der Waals surface area contributed by atoms with Crippen molar-refractivity contribution in [3.05, 3.63) is 39.8 Å². The van der Waals surface area contributed by atoms with Crippen LogP contribution in [-0.2, 0) is 6.61 Å². The van der Waals surface area contributed by atoms with Gasteiger partial charge in [0, 0.05) is 17.3 Å². The third-order valence-corrected chi connectivity index (χ3v) is 3.15. The van der Waals surface area contributed by atoms with Crippen molar-refractivity contribution in [3.63, 3.8) is 0 Å². The van der Waals surface area contributed by atoms with Gasteiger partial charge in [-0.15, -0.1) is 11.3 Å². The maximum absolute atomic E-state index is 5.81. The zero-order valence-electron chi connectivity index (χ0n) is 9.36. The molecule has 16 heavy (non-hydrogen) atoms. The highest BCUT2D eigenvalue weighted by Gasteiger charge is 2.04. The number of nitrogens with zero attached hydrogens (tertiary/aromatic N) is 1. The normalized spacial score (nSPS) is 10.4. The molecule has 84 valence electrons. The summed E-state index contributed by atoms with van der Waals surface area (Å²) in [5.41, 5.74) is 8.72. The van der Waals surface area contributed by atoms with E-state index in [1.54, 1.807) is 17.5 Å². The molecule has 0 aliphatic heterocycles. The molecule has 1 aromatic carbocycles. The smallest absolute Gasteiger partial charge is 0.140 e. The summed E-state index contributed by atoms with van der Waals surface area (Å²) in [7, 11) is 0. The first-order chi connectivity index (χ1) is 7.66. The molecule has 0 amide bonds. The van der Waals surface area contributed by atoms with Gasteiger partial charge >= 0.3 is 0 Å². The van der Waals surface area contributed by atoms with Gasteiger partial charge in [-0.3, -0.25) is 0 Å². The van der Waals surface area contributed by atoms with E-state index in [0.29, 0.717) is 6.61 Å². The molecule has 0 bridgehead atoms. The lowest BCUT2D eigenvalue weighted by Crippen LogP contribution is -1.98. The molecule has 1 heterocycles. The number of thiazole rings is 1. The molecule has 1 aromatic heterocycles. The predicted molar refractivity (Wildman–Crippen MR) is 66.8 cm³/mol. The molecule has 4 heteroatoms. The first-order valence-corrected chi connectivity index (χ1v) is 5.92. The van der Waals surface area contributed by atoms with E-state index in [4.69, 9.17) is 10.5 Å². The molecule has 0 spiro atoms. The second-order valence-electron chi connectivity index (χ2n) is 3.69. The molecule has 2 aromatic rings. The van der Waals surface area contributed by atoms with Crippen LogP contribution in [0.1, 0.15) is 16.1 Å². The summed E-state index contributed by atoms with van der Waals surface area (Å²) >= 11 is 1.59. The van der Waals surface area contributed by atoms with Gasteiger partial charge in [0.15, 0.2) is 0 Å². The maximum atomic E-state index is 5.81. The van der Waals surface area contributed by atoms with Gasteiger partial charge in [-0.1, -0.05) is 0 Å². The average Bonchev–Trinajstić information content (AvgIpc) is 2.74. The molecule has 0 radical (unpaired) electrons. The number of anilines is 1. The van der Waals surface area contributed by atoms with Crippen molar-refractivity contribution in [1.82, 2.24) is 4.98 Å². The molecule has 2 rings (SSSR count). The second-order valence-corrected chi connectivity index (χ2v) is 4.67. The van der Waals surface area contributed by atoms with E-state index in [2.05, 4.69) is 4.98 Å². The van der Waals surface area contributed by atoms with E-state index in [9.17, 15) is 0 Å². The number of rotatable bonds is 3.